The van der Waals surface area contributed by atoms with Crippen molar-refractivity contribution in [3.8, 4) is 0 Å². The van der Waals surface area contributed by atoms with Crippen molar-refractivity contribution in [3.05, 3.63) is 24.3 Å². The Bertz CT molecular complexity index is 493. The number of benzene rings is 1. The minimum atomic E-state index is -0.00139. The molecule has 0 atom stereocenters. The summed E-state index contributed by atoms with van der Waals surface area (Å²) in [7, 11) is 3.96. The number of para-hydroxylation sites is 2. The van der Waals surface area contributed by atoms with Crippen molar-refractivity contribution in [1.29, 1.82) is 0 Å². The van der Waals surface area contributed by atoms with Crippen LogP contribution < -0.4 is 10.2 Å². The van der Waals surface area contributed by atoms with Gasteiger partial charge in [0.15, 0.2) is 0 Å². The number of amides is 2. The molecule has 0 unspecified atom stereocenters. The normalized spacial score (nSPS) is 16.0. The fourth-order valence-corrected chi connectivity index (χ4v) is 2.81. The van der Waals surface area contributed by atoms with Crippen LogP contribution in [0.3, 0.4) is 0 Å². The van der Waals surface area contributed by atoms with Crippen molar-refractivity contribution in [2.45, 2.75) is 13.8 Å². The minimum Gasteiger partial charge on any atom is -0.376 e. The van der Waals surface area contributed by atoms with E-state index in [1.54, 1.807) is 0 Å². The van der Waals surface area contributed by atoms with E-state index in [-0.39, 0.29) is 6.03 Å². The maximum atomic E-state index is 12.4. The van der Waals surface area contributed by atoms with Crippen LogP contribution in [0.1, 0.15) is 13.8 Å². The van der Waals surface area contributed by atoms with Crippen LogP contribution in [0.2, 0.25) is 0 Å². The zero-order chi connectivity index (χ0) is 16.1. The summed E-state index contributed by atoms with van der Waals surface area (Å²) in [6.45, 7) is 9.08. The van der Waals surface area contributed by atoms with Gasteiger partial charge in [-0.15, -0.1) is 0 Å². The molecular weight excluding hydrogens is 276 g/mol. The summed E-state index contributed by atoms with van der Waals surface area (Å²) in [6, 6.07) is 7.88. The lowest BCUT2D eigenvalue weighted by Crippen LogP contribution is -2.50. The predicted octanol–water partition coefficient (Wildman–Crippen LogP) is 2.56. The first kappa shape index (κ1) is 16.6. The number of piperazine rings is 1. The van der Waals surface area contributed by atoms with Gasteiger partial charge in [-0.05, 0) is 18.1 Å². The van der Waals surface area contributed by atoms with E-state index in [2.05, 4.69) is 24.1 Å². The summed E-state index contributed by atoms with van der Waals surface area (Å²) in [6.07, 6.45) is 0. The van der Waals surface area contributed by atoms with Crippen LogP contribution >= 0.6 is 0 Å². The van der Waals surface area contributed by atoms with Crippen LogP contribution in [0.25, 0.3) is 0 Å². The molecule has 0 bridgehead atoms. The van der Waals surface area contributed by atoms with Gasteiger partial charge in [-0.2, -0.15) is 0 Å². The van der Waals surface area contributed by atoms with Crippen LogP contribution in [-0.2, 0) is 0 Å². The van der Waals surface area contributed by atoms with E-state index < -0.39 is 0 Å². The molecule has 2 rings (SSSR count). The van der Waals surface area contributed by atoms with Crippen molar-refractivity contribution in [2.75, 3.05) is 57.0 Å². The number of nitrogens with zero attached hydrogens (tertiary/aromatic N) is 3. The zero-order valence-corrected chi connectivity index (χ0v) is 14.2. The first-order chi connectivity index (χ1) is 10.5. The average molecular weight is 304 g/mol. The number of hydrogen-bond donors (Lipinski definition) is 1. The number of anilines is 2. The van der Waals surface area contributed by atoms with Crippen LogP contribution in [0.15, 0.2) is 24.3 Å². The van der Waals surface area contributed by atoms with E-state index in [1.165, 1.54) is 0 Å². The highest BCUT2D eigenvalue weighted by atomic mass is 16.2. The molecule has 1 aliphatic rings. The highest BCUT2D eigenvalue weighted by Gasteiger charge is 2.22. The molecule has 0 spiro atoms. The first-order valence-electron chi connectivity index (χ1n) is 8.02. The molecule has 1 heterocycles. The predicted molar refractivity (Wildman–Crippen MR) is 92.6 cm³/mol. The summed E-state index contributed by atoms with van der Waals surface area (Å²) >= 11 is 0. The van der Waals surface area contributed by atoms with E-state index in [0.717, 1.165) is 44.1 Å². The van der Waals surface area contributed by atoms with Gasteiger partial charge in [0.25, 0.3) is 0 Å². The summed E-state index contributed by atoms with van der Waals surface area (Å²) < 4.78 is 0. The molecule has 1 aliphatic heterocycles. The topological polar surface area (TPSA) is 38.8 Å². The van der Waals surface area contributed by atoms with Crippen LogP contribution in [0, 0.1) is 5.92 Å². The Morgan fingerprint density at radius 2 is 1.82 bits per heavy atom. The van der Waals surface area contributed by atoms with Crippen molar-refractivity contribution in [1.82, 2.24) is 9.80 Å². The Morgan fingerprint density at radius 1 is 1.18 bits per heavy atom. The lowest BCUT2D eigenvalue weighted by molar-refractivity contribution is 0.138. The highest BCUT2D eigenvalue weighted by Crippen LogP contribution is 2.23. The van der Waals surface area contributed by atoms with Gasteiger partial charge in [0.2, 0.25) is 0 Å². The third kappa shape index (κ3) is 4.37. The van der Waals surface area contributed by atoms with Crippen molar-refractivity contribution >= 4 is 17.4 Å². The molecular formula is C17H28N4O. The van der Waals surface area contributed by atoms with Gasteiger partial charge in [-0.1, -0.05) is 26.0 Å². The molecule has 0 saturated carbocycles. The maximum Gasteiger partial charge on any atom is 0.321 e. The Hall–Kier alpha value is -1.75. The molecule has 0 radical (unpaired) electrons. The maximum absolute atomic E-state index is 12.4. The van der Waals surface area contributed by atoms with Gasteiger partial charge in [-0.25, -0.2) is 4.79 Å². The van der Waals surface area contributed by atoms with Gasteiger partial charge < -0.3 is 15.1 Å². The smallest absolute Gasteiger partial charge is 0.321 e. The molecule has 22 heavy (non-hydrogen) atoms. The molecule has 2 amide bonds. The number of carbonyl (C=O) groups is 1. The molecule has 1 aromatic rings. The average Bonchev–Trinajstić information content (AvgIpc) is 2.47. The van der Waals surface area contributed by atoms with Crippen LogP contribution in [-0.4, -0.2) is 62.7 Å². The summed E-state index contributed by atoms with van der Waals surface area (Å²) in [5.74, 6) is 0.673. The fourth-order valence-electron chi connectivity index (χ4n) is 2.81. The second kappa shape index (κ2) is 7.49. The summed E-state index contributed by atoms with van der Waals surface area (Å²) in [5.41, 5.74) is 1.89. The molecule has 1 saturated heterocycles. The Labute approximate surface area is 133 Å². The third-order valence-corrected chi connectivity index (χ3v) is 3.91. The van der Waals surface area contributed by atoms with E-state index >= 15 is 0 Å². The summed E-state index contributed by atoms with van der Waals surface area (Å²) in [4.78, 5) is 18.8. The van der Waals surface area contributed by atoms with Gasteiger partial charge in [-0.3, -0.25) is 4.90 Å². The molecule has 0 aromatic heterocycles. The van der Waals surface area contributed by atoms with Gasteiger partial charge in [0, 0.05) is 46.8 Å². The lowest BCUT2D eigenvalue weighted by Gasteiger charge is -2.35. The second-order valence-corrected chi connectivity index (χ2v) is 6.52. The number of urea groups is 1. The molecule has 1 fully saturated rings. The van der Waals surface area contributed by atoms with Crippen molar-refractivity contribution in [3.63, 3.8) is 0 Å². The summed E-state index contributed by atoms with van der Waals surface area (Å²) in [5, 5.41) is 3.04. The third-order valence-electron chi connectivity index (χ3n) is 3.91. The fraction of sp³-hybridized carbons (Fsp3) is 0.588. The van der Waals surface area contributed by atoms with Crippen LogP contribution in [0.4, 0.5) is 16.2 Å². The molecule has 0 aliphatic carbocycles. The minimum absolute atomic E-state index is 0.00139. The van der Waals surface area contributed by atoms with Gasteiger partial charge in [0.05, 0.1) is 11.4 Å². The van der Waals surface area contributed by atoms with Crippen molar-refractivity contribution < 1.29 is 4.79 Å². The van der Waals surface area contributed by atoms with E-state index in [4.69, 9.17) is 0 Å². The number of nitrogens with one attached hydrogen (secondary N) is 1. The number of hydrogen-bond acceptors (Lipinski definition) is 3. The number of rotatable bonds is 4. The zero-order valence-electron chi connectivity index (χ0n) is 14.2. The molecule has 122 valence electrons. The lowest BCUT2D eigenvalue weighted by atomic mass is 10.2. The second-order valence-electron chi connectivity index (χ2n) is 6.52. The van der Waals surface area contributed by atoms with E-state index in [0.29, 0.717) is 5.92 Å². The molecule has 1 N–H and O–H groups in total. The Kier molecular flexibility index (Phi) is 5.66. The Balaban J connectivity index is 1.91. The molecule has 1 aromatic carbocycles. The molecule has 5 heteroatoms. The molecule has 5 nitrogen and oxygen atoms in total. The number of carbonyl (C=O) groups excluding carboxylic acids is 1. The quantitative estimate of drug-likeness (QED) is 0.929. The SMILES string of the molecule is CC(C)CN1CCN(C(=O)Nc2ccccc2N(C)C)CC1. The van der Waals surface area contributed by atoms with Crippen molar-refractivity contribution in [2.24, 2.45) is 5.92 Å². The Morgan fingerprint density at radius 3 is 2.41 bits per heavy atom. The van der Waals surface area contributed by atoms with E-state index in [9.17, 15) is 4.79 Å². The first-order valence-corrected chi connectivity index (χ1v) is 8.02. The van der Waals surface area contributed by atoms with Gasteiger partial charge in [0.1, 0.15) is 0 Å². The highest BCUT2D eigenvalue weighted by molar-refractivity contribution is 5.93. The monoisotopic (exact) mass is 304 g/mol. The van der Waals surface area contributed by atoms with Crippen LogP contribution in [0.5, 0.6) is 0 Å². The van der Waals surface area contributed by atoms with E-state index in [1.807, 2.05) is 48.2 Å². The standard InChI is InChI=1S/C17H28N4O/c1-14(2)13-20-9-11-21(12-10-20)17(22)18-15-7-5-6-8-16(15)19(3)4/h5-8,14H,9-13H2,1-4H3,(H,18,22). The largest absolute Gasteiger partial charge is 0.376 e. The van der Waals surface area contributed by atoms with Gasteiger partial charge >= 0.3 is 6.03 Å².